The van der Waals surface area contributed by atoms with Gasteiger partial charge < -0.3 is 4.74 Å². The molecule has 1 saturated heterocycles. The molecule has 4 heteroatoms. The fourth-order valence-corrected chi connectivity index (χ4v) is 2.46. The molecular formula is C11H11Cl2FO. The van der Waals surface area contributed by atoms with E-state index in [1.54, 1.807) is 6.07 Å². The first-order valence-corrected chi connectivity index (χ1v) is 5.76. The lowest BCUT2D eigenvalue weighted by Gasteiger charge is -2.17. The highest BCUT2D eigenvalue weighted by molar-refractivity contribution is 6.31. The first-order chi connectivity index (χ1) is 7.22. The van der Waals surface area contributed by atoms with Crippen molar-refractivity contribution >= 4 is 23.2 Å². The highest BCUT2D eigenvalue weighted by Crippen LogP contribution is 2.38. The summed E-state index contributed by atoms with van der Waals surface area (Å²) in [4.78, 5) is 0. The summed E-state index contributed by atoms with van der Waals surface area (Å²) < 4.78 is 18.4. The molecule has 2 unspecified atom stereocenters. The van der Waals surface area contributed by atoms with Crippen LogP contribution in [-0.4, -0.2) is 12.5 Å². The standard InChI is InChI=1S/C11H11Cl2FO/c12-6-7-3-4-15-11(7)9-2-1-8(14)5-10(9)13/h1-2,5,7,11H,3-4,6H2. The van der Waals surface area contributed by atoms with Crippen LogP contribution in [0.25, 0.3) is 0 Å². The third kappa shape index (κ3) is 2.27. The van der Waals surface area contributed by atoms with Gasteiger partial charge in [-0.25, -0.2) is 4.39 Å². The molecule has 1 aliphatic heterocycles. The molecule has 0 radical (unpaired) electrons. The maximum Gasteiger partial charge on any atom is 0.124 e. The van der Waals surface area contributed by atoms with Crippen LogP contribution in [0.1, 0.15) is 18.1 Å². The second-order valence-electron chi connectivity index (χ2n) is 3.66. The van der Waals surface area contributed by atoms with Crippen LogP contribution in [-0.2, 0) is 4.74 Å². The number of halogens is 3. The van der Waals surface area contributed by atoms with Gasteiger partial charge in [0, 0.05) is 23.4 Å². The molecule has 0 amide bonds. The average molecular weight is 249 g/mol. The van der Waals surface area contributed by atoms with Crippen LogP contribution in [0.15, 0.2) is 18.2 Å². The highest BCUT2D eigenvalue weighted by Gasteiger charge is 2.30. The Balaban J connectivity index is 2.28. The van der Waals surface area contributed by atoms with Gasteiger partial charge in [-0.1, -0.05) is 17.7 Å². The highest BCUT2D eigenvalue weighted by atomic mass is 35.5. The number of rotatable bonds is 2. The number of benzene rings is 1. The Labute approximate surface area is 98.1 Å². The molecule has 1 fully saturated rings. The minimum absolute atomic E-state index is 0.0874. The van der Waals surface area contributed by atoms with Crippen molar-refractivity contribution in [2.24, 2.45) is 5.92 Å². The molecule has 1 nitrogen and oxygen atoms in total. The lowest BCUT2D eigenvalue weighted by atomic mass is 9.97. The van der Waals surface area contributed by atoms with Crippen molar-refractivity contribution in [2.75, 3.05) is 12.5 Å². The Kier molecular flexibility index (Phi) is 3.49. The fraction of sp³-hybridized carbons (Fsp3) is 0.455. The van der Waals surface area contributed by atoms with E-state index in [0.29, 0.717) is 17.5 Å². The van der Waals surface area contributed by atoms with Gasteiger partial charge in [0.05, 0.1) is 6.10 Å². The number of ether oxygens (including phenoxy) is 1. The molecule has 2 rings (SSSR count). The van der Waals surface area contributed by atoms with E-state index >= 15 is 0 Å². The van der Waals surface area contributed by atoms with Crippen molar-refractivity contribution in [1.82, 2.24) is 0 Å². The molecule has 0 spiro atoms. The molecule has 82 valence electrons. The second-order valence-corrected chi connectivity index (χ2v) is 4.38. The Morgan fingerprint density at radius 3 is 2.93 bits per heavy atom. The zero-order chi connectivity index (χ0) is 10.8. The van der Waals surface area contributed by atoms with E-state index in [0.717, 1.165) is 12.0 Å². The number of hydrogen-bond acceptors (Lipinski definition) is 1. The summed E-state index contributed by atoms with van der Waals surface area (Å²) >= 11 is 11.8. The van der Waals surface area contributed by atoms with Gasteiger partial charge in [0.1, 0.15) is 5.82 Å². The summed E-state index contributed by atoms with van der Waals surface area (Å²) in [5.41, 5.74) is 0.834. The van der Waals surface area contributed by atoms with Gasteiger partial charge in [-0.2, -0.15) is 0 Å². The van der Waals surface area contributed by atoms with Crippen LogP contribution in [0.4, 0.5) is 4.39 Å². The molecule has 2 atom stereocenters. The largest absolute Gasteiger partial charge is 0.373 e. The quantitative estimate of drug-likeness (QED) is 0.724. The SMILES string of the molecule is Fc1ccc(C2OCCC2CCl)c(Cl)c1. The molecule has 0 N–H and O–H groups in total. The number of alkyl halides is 1. The maximum absolute atomic E-state index is 12.9. The van der Waals surface area contributed by atoms with Crippen molar-refractivity contribution in [3.63, 3.8) is 0 Å². The molecule has 0 aliphatic carbocycles. The lowest BCUT2D eigenvalue weighted by molar-refractivity contribution is 0.0952. The third-order valence-electron chi connectivity index (χ3n) is 2.68. The van der Waals surface area contributed by atoms with E-state index in [1.165, 1.54) is 12.1 Å². The summed E-state index contributed by atoms with van der Waals surface area (Å²) in [5, 5.41) is 0.414. The first kappa shape index (κ1) is 11.2. The van der Waals surface area contributed by atoms with Crippen molar-refractivity contribution in [3.05, 3.63) is 34.6 Å². The monoisotopic (exact) mass is 248 g/mol. The van der Waals surface area contributed by atoms with Gasteiger partial charge in [0.25, 0.3) is 0 Å². The summed E-state index contributed by atoms with van der Waals surface area (Å²) in [7, 11) is 0. The van der Waals surface area contributed by atoms with Gasteiger partial charge in [-0.3, -0.25) is 0 Å². The Bertz CT molecular complexity index is 356. The summed E-state index contributed by atoms with van der Waals surface area (Å²) in [5.74, 6) is 0.483. The predicted octanol–water partition coefficient (Wildman–Crippen LogP) is 3.80. The summed E-state index contributed by atoms with van der Waals surface area (Å²) in [6.07, 6.45) is 0.845. The minimum atomic E-state index is -0.329. The van der Waals surface area contributed by atoms with Crippen molar-refractivity contribution in [3.8, 4) is 0 Å². The van der Waals surface area contributed by atoms with E-state index in [2.05, 4.69) is 0 Å². The fourth-order valence-electron chi connectivity index (χ4n) is 1.87. The average Bonchev–Trinajstić information content (AvgIpc) is 2.65. The molecule has 1 aromatic rings. The molecule has 0 bridgehead atoms. The van der Waals surface area contributed by atoms with Crippen LogP contribution in [0, 0.1) is 11.7 Å². The number of hydrogen-bond donors (Lipinski definition) is 0. The lowest BCUT2D eigenvalue weighted by Crippen LogP contribution is -2.09. The topological polar surface area (TPSA) is 9.23 Å². The second kappa shape index (κ2) is 4.69. The molecule has 0 aromatic heterocycles. The Morgan fingerprint density at radius 2 is 2.27 bits per heavy atom. The van der Waals surface area contributed by atoms with E-state index in [-0.39, 0.29) is 17.8 Å². The predicted molar refractivity (Wildman–Crippen MR) is 58.9 cm³/mol. The van der Waals surface area contributed by atoms with E-state index < -0.39 is 0 Å². The van der Waals surface area contributed by atoms with Crippen molar-refractivity contribution < 1.29 is 9.13 Å². The zero-order valence-corrected chi connectivity index (χ0v) is 9.56. The van der Waals surface area contributed by atoms with E-state index in [9.17, 15) is 4.39 Å². The molecule has 0 saturated carbocycles. The van der Waals surface area contributed by atoms with Gasteiger partial charge in [0.2, 0.25) is 0 Å². The first-order valence-electron chi connectivity index (χ1n) is 4.85. The minimum Gasteiger partial charge on any atom is -0.373 e. The van der Waals surface area contributed by atoms with Gasteiger partial charge in [0.15, 0.2) is 0 Å². The smallest absolute Gasteiger partial charge is 0.124 e. The van der Waals surface area contributed by atoms with Gasteiger partial charge >= 0.3 is 0 Å². The van der Waals surface area contributed by atoms with Crippen LogP contribution in [0.2, 0.25) is 5.02 Å². The van der Waals surface area contributed by atoms with Gasteiger partial charge in [-0.05, 0) is 24.1 Å². The zero-order valence-electron chi connectivity index (χ0n) is 8.05. The van der Waals surface area contributed by atoms with Gasteiger partial charge in [-0.15, -0.1) is 11.6 Å². The Hall–Kier alpha value is -0.310. The summed E-state index contributed by atoms with van der Waals surface area (Å²) in [6.45, 7) is 0.690. The Morgan fingerprint density at radius 1 is 1.47 bits per heavy atom. The molecular weight excluding hydrogens is 238 g/mol. The van der Waals surface area contributed by atoms with Crippen molar-refractivity contribution in [2.45, 2.75) is 12.5 Å². The van der Waals surface area contributed by atoms with Crippen LogP contribution in [0.5, 0.6) is 0 Å². The summed E-state index contributed by atoms with van der Waals surface area (Å²) in [6, 6.07) is 4.38. The molecule has 1 aromatic carbocycles. The molecule has 15 heavy (non-hydrogen) atoms. The van der Waals surface area contributed by atoms with E-state index in [1.807, 2.05) is 0 Å². The van der Waals surface area contributed by atoms with E-state index in [4.69, 9.17) is 27.9 Å². The molecule has 1 aliphatic rings. The maximum atomic E-state index is 12.9. The normalized spacial score (nSPS) is 25.8. The molecule has 1 heterocycles. The van der Waals surface area contributed by atoms with Crippen molar-refractivity contribution in [1.29, 1.82) is 0 Å². The third-order valence-corrected chi connectivity index (χ3v) is 3.41. The van der Waals surface area contributed by atoms with Crippen LogP contribution >= 0.6 is 23.2 Å². The van der Waals surface area contributed by atoms with Crippen LogP contribution in [0.3, 0.4) is 0 Å². The van der Waals surface area contributed by atoms with Crippen LogP contribution < -0.4 is 0 Å².